The number of amides is 1. The van der Waals surface area contributed by atoms with Crippen molar-refractivity contribution in [3.8, 4) is 11.5 Å². The van der Waals surface area contributed by atoms with Crippen molar-refractivity contribution in [2.24, 2.45) is 0 Å². The van der Waals surface area contributed by atoms with E-state index in [0.717, 1.165) is 21.0 Å². The molecule has 0 aliphatic heterocycles. The predicted molar refractivity (Wildman–Crippen MR) is 138 cm³/mol. The minimum atomic E-state index is -3.95. The number of rotatable bonds is 11. The van der Waals surface area contributed by atoms with E-state index >= 15 is 0 Å². The molecule has 186 valence electrons. The average molecular weight is 497 g/mol. The van der Waals surface area contributed by atoms with Crippen molar-refractivity contribution in [3.05, 3.63) is 83.4 Å². The van der Waals surface area contributed by atoms with Crippen molar-refractivity contribution in [2.75, 3.05) is 24.1 Å². The van der Waals surface area contributed by atoms with Gasteiger partial charge in [-0.25, -0.2) is 8.42 Å². The van der Waals surface area contributed by atoms with Crippen molar-refractivity contribution in [3.63, 3.8) is 0 Å². The lowest BCUT2D eigenvalue weighted by atomic mass is 10.2. The Morgan fingerprint density at radius 1 is 0.829 bits per heavy atom. The molecule has 0 bridgehead atoms. The third-order valence-electron chi connectivity index (χ3n) is 5.32. The molecule has 3 rings (SSSR count). The molecule has 0 spiro atoms. The van der Waals surface area contributed by atoms with Gasteiger partial charge in [-0.15, -0.1) is 0 Å². The Bertz CT molecular complexity index is 1240. The van der Waals surface area contributed by atoms with Crippen LogP contribution in [0.2, 0.25) is 0 Å². The largest absolute Gasteiger partial charge is 0.490 e. The number of carbonyl (C=O) groups excluding carboxylic acids is 1. The number of nitrogens with zero attached hydrogens (tertiary/aromatic N) is 1. The van der Waals surface area contributed by atoms with E-state index in [9.17, 15) is 13.2 Å². The first-order valence-electron chi connectivity index (χ1n) is 11.6. The molecule has 0 saturated carbocycles. The number of aryl methyl sites for hydroxylation is 2. The molecule has 0 radical (unpaired) electrons. The Hall–Kier alpha value is -3.52. The number of nitrogens with one attached hydrogen (secondary N) is 1. The zero-order valence-electron chi connectivity index (χ0n) is 20.6. The van der Waals surface area contributed by atoms with Gasteiger partial charge in [0, 0.05) is 6.54 Å². The number of hydrogen-bond acceptors (Lipinski definition) is 5. The number of benzene rings is 3. The smallest absolute Gasteiger partial charge is 0.264 e. The normalized spacial score (nSPS) is 11.1. The molecule has 35 heavy (non-hydrogen) atoms. The molecule has 8 heteroatoms. The van der Waals surface area contributed by atoms with Gasteiger partial charge in [-0.2, -0.15) is 0 Å². The highest BCUT2D eigenvalue weighted by Gasteiger charge is 2.27. The van der Waals surface area contributed by atoms with Gasteiger partial charge >= 0.3 is 0 Å². The summed E-state index contributed by atoms with van der Waals surface area (Å²) in [4.78, 5) is 13.0. The van der Waals surface area contributed by atoms with Gasteiger partial charge in [0.25, 0.3) is 10.0 Å². The van der Waals surface area contributed by atoms with Crippen molar-refractivity contribution >= 4 is 21.6 Å². The highest BCUT2D eigenvalue weighted by Crippen LogP contribution is 2.29. The fraction of sp³-hybridized carbons (Fsp3) is 0.296. The minimum Gasteiger partial charge on any atom is -0.490 e. The molecule has 0 aliphatic rings. The molecule has 1 N–H and O–H groups in total. The molecule has 1 amide bonds. The van der Waals surface area contributed by atoms with E-state index in [1.807, 2.05) is 52.0 Å². The Labute approximate surface area is 207 Å². The highest BCUT2D eigenvalue weighted by molar-refractivity contribution is 7.92. The SMILES string of the molecule is CCOc1ccc(CNC(=O)CN(c2ccc(C)cc2)S(=O)(=O)c2ccc(C)cc2)cc1OCC. The van der Waals surface area contributed by atoms with Crippen LogP contribution in [-0.2, 0) is 21.4 Å². The molecule has 0 atom stereocenters. The lowest BCUT2D eigenvalue weighted by Gasteiger charge is -2.24. The standard InChI is InChI=1S/C27H32N2O5S/c1-5-33-25-16-11-22(17-26(25)34-6-2)18-28-27(30)19-29(23-12-7-20(3)8-13-23)35(31,32)24-14-9-21(4)10-15-24/h7-17H,5-6,18-19H2,1-4H3,(H,28,30). The quantitative estimate of drug-likeness (QED) is 0.419. The monoisotopic (exact) mass is 496 g/mol. The van der Waals surface area contributed by atoms with Gasteiger partial charge in [0.15, 0.2) is 11.5 Å². The van der Waals surface area contributed by atoms with Gasteiger partial charge in [0.05, 0.1) is 23.8 Å². The molecule has 0 unspecified atom stereocenters. The first-order valence-corrected chi connectivity index (χ1v) is 13.0. The van der Waals surface area contributed by atoms with Crippen LogP contribution in [-0.4, -0.2) is 34.1 Å². The van der Waals surface area contributed by atoms with Crippen LogP contribution in [0.4, 0.5) is 5.69 Å². The predicted octanol–water partition coefficient (Wildman–Crippen LogP) is 4.61. The number of carbonyl (C=O) groups is 1. The van der Waals surface area contributed by atoms with E-state index in [2.05, 4.69) is 5.32 Å². The van der Waals surface area contributed by atoms with E-state index in [1.165, 1.54) is 0 Å². The van der Waals surface area contributed by atoms with Gasteiger partial charge in [-0.1, -0.05) is 41.5 Å². The zero-order valence-corrected chi connectivity index (χ0v) is 21.4. The fourth-order valence-electron chi connectivity index (χ4n) is 3.46. The number of sulfonamides is 1. The van der Waals surface area contributed by atoms with E-state index in [0.29, 0.717) is 30.4 Å². The van der Waals surface area contributed by atoms with Crippen LogP contribution in [0.1, 0.15) is 30.5 Å². The highest BCUT2D eigenvalue weighted by atomic mass is 32.2. The number of ether oxygens (including phenoxy) is 2. The second-order valence-corrected chi connectivity index (χ2v) is 9.95. The van der Waals surface area contributed by atoms with Crippen LogP contribution in [0.5, 0.6) is 11.5 Å². The summed E-state index contributed by atoms with van der Waals surface area (Å²) in [5.74, 6) is 0.816. The third-order valence-corrected chi connectivity index (χ3v) is 7.10. The van der Waals surface area contributed by atoms with Gasteiger partial charge < -0.3 is 14.8 Å². The molecule has 3 aromatic carbocycles. The van der Waals surface area contributed by atoms with Crippen LogP contribution >= 0.6 is 0 Å². The molecule has 0 saturated heterocycles. The summed E-state index contributed by atoms with van der Waals surface area (Å²) < 4.78 is 39.3. The second-order valence-electron chi connectivity index (χ2n) is 8.08. The van der Waals surface area contributed by atoms with Crippen LogP contribution in [0.25, 0.3) is 0 Å². The van der Waals surface area contributed by atoms with Crippen molar-refractivity contribution < 1.29 is 22.7 Å². The Kier molecular flexibility index (Phi) is 8.76. The van der Waals surface area contributed by atoms with E-state index in [4.69, 9.17) is 9.47 Å². The van der Waals surface area contributed by atoms with Gasteiger partial charge in [-0.05, 0) is 69.7 Å². The van der Waals surface area contributed by atoms with Gasteiger partial charge in [0.1, 0.15) is 6.54 Å². The van der Waals surface area contributed by atoms with Crippen molar-refractivity contribution in [2.45, 2.75) is 39.1 Å². The van der Waals surface area contributed by atoms with E-state index in [-0.39, 0.29) is 18.0 Å². The zero-order chi connectivity index (χ0) is 25.4. The lowest BCUT2D eigenvalue weighted by Crippen LogP contribution is -2.40. The Morgan fingerprint density at radius 2 is 1.40 bits per heavy atom. The van der Waals surface area contributed by atoms with E-state index in [1.54, 1.807) is 42.5 Å². The lowest BCUT2D eigenvalue weighted by molar-refractivity contribution is -0.119. The maximum absolute atomic E-state index is 13.5. The van der Waals surface area contributed by atoms with Gasteiger partial charge in [-0.3, -0.25) is 9.10 Å². The third kappa shape index (κ3) is 6.76. The van der Waals surface area contributed by atoms with Crippen LogP contribution in [0.15, 0.2) is 71.6 Å². The maximum atomic E-state index is 13.5. The Balaban J connectivity index is 1.80. The van der Waals surface area contributed by atoms with E-state index < -0.39 is 15.9 Å². The average Bonchev–Trinajstić information content (AvgIpc) is 2.84. The molecular formula is C27H32N2O5S. The number of anilines is 1. The Morgan fingerprint density at radius 3 is 2.00 bits per heavy atom. The maximum Gasteiger partial charge on any atom is 0.264 e. The molecule has 0 aromatic heterocycles. The van der Waals surface area contributed by atoms with Crippen molar-refractivity contribution in [1.82, 2.24) is 5.32 Å². The summed E-state index contributed by atoms with van der Waals surface area (Å²) in [6.45, 7) is 8.46. The molecular weight excluding hydrogens is 464 g/mol. The molecule has 0 aliphatic carbocycles. The summed E-state index contributed by atoms with van der Waals surface area (Å²) in [7, 11) is -3.95. The van der Waals surface area contributed by atoms with Crippen molar-refractivity contribution in [1.29, 1.82) is 0 Å². The van der Waals surface area contributed by atoms with Crippen LogP contribution in [0, 0.1) is 13.8 Å². The molecule has 3 aromatic rings. The summed E-state index contributed by atoms with van der Waals surface area (Å²) in [6, 6.07) is 19.1. The summed E-state index contributed by atoms with van der Waals surface area (Å²) >= 11 is 0. The van der Waals surface area contributed by atoms with Crippen LogP contribution < -0.4 is 19.1 Å². The topological polar surface area (TPSA) is 84.9 Å². The number of hydrogen-bond donors (Lipinski definition) is 1. The molecule has 0 fully saturated rings. The molecule has 0 heterocycles. The first-order chi connectivity index (χ1) is 16.7. The van der Waals surface area contributed by atoms with Crippen LogP contribution in [0.3, 0.4) is 0 Å². The summed E-state index contributed by atoms with van der Waals surface area (Å²) in [5.41, 5.74) is 3.18. The summed E-state index contributed by atoms with van der Waals surface area (Å²) in [6.07, 6.45) is 0. The first kappa shape index (κ1) is 26.1. The fourth-order valence-corrected chi connectivity index (χ4v) is 4.88. The van der Waals surface area contributed by atoms with Gasteiger partial charge in [0.2, 0.25) is 5.91 Å². The molecule has 7 nitrogen and oxygen atoms in total. The minimum absolute atomic E-state index is 0.129. The summed E-state index contributed by atoms with van der Waals surface area (Å²) in [5, 5.41) is 2.82. The second kappa shape index (κ2) is 11.8.